The van der Waals surface area contributed by atoms with Crippen LogP contribution in [-0.4, -0.2) is 118 Å². The molecule has 1 saturated heterocycles. The minimum Gasteiger partial charge on any atom is -0.756 e. The number of aromatic nitrogens is 4. The number of hydrogen-bond donors (Lipinski definition) is 8. The molecule has 1 aliphatic rings. The minimum atomic E-state index is -5.60. The van der Waals surface area contributed by atoms with Crippen LogP contribution in [0.2, 0.25) is 0 Å². The van der Waals surface area contributed by atoms with Crippen molar-refractivity contribution in [3.05, 3.63) is 12.7 Å². The Bertz CT molecular complexity index is 2180. The van der Waals surface area contributed by atoms with E-state index in [0.717, 1.165) is 41.8 Å². The van der Waals surface area contributed by atoms with Gasteiger partial charge in [0.25, 0.3) is 7.82 Å². The molecule has 2 aromatic heterocycles. The first-order chi connectivity index (χ1) is 30.6. The molecule has 0 radical (unpaired) electrons. The Morgan fingerprint density at radius 2 is 1.62 bits per heavy atom. The van der Waals surface area contributed by atoms with E-state index in [9.17, 15) is 57.9 Å². The first kappa shape index (κ1) is 59.8. The summed E-state index contributed by atoms with van der Waals surface area (Å²) in [5.41, 5.74) is 4.22. The number of aliphatic hydroxyl groups is 2. The summed E-state index contributed by atoms with van der Waals surface area (Å²) in [6.45, 7) is 2.61. The molecule has 1 aliphatic heterocycles. The molecule has 1 fully saturated rings. The number of anilines is 1. The van der Waals surface area contributed by atoms with Crippen LogP contribution in [0.5, 0.6) is 0 Å². The van der Waals surface area contributed by atoms with Crippen LogP contribution in [0, 0.1) is 29.1 Å². The number of fused-ring (bicyclic) bond motifs is 1. The van der Waals surface area contributed by atoms with Crippen molar-refractivity contribution in [1.29, 1.82) is 0 Å². The summed E-state index contributed by atoms with van der Waals surface area (Å²) in [6, 6.07) is 0. The van der Waals surface area contributed by atoms with Crippen LogP contribution < -0.4 is 50.8 Å². The second-order valence-electron chi connectivity index (χ2n) is 15.2. The standard InChI is InChI=1S/C37H58N7O17P3S.Na/c1-4-5-6-7-8-9-10-11-12-13-14-15-16-17-28(46)65-21-20-39-27(45)18-19-40-35(49)32(48)37(2,3)23-58-64(55,56)61-63(53,54)57-22-26-31(60-62(50,51)52)30(47)36(59-26)44-25-43-29-33(38)41-24-42-34(29)44;/h24-26,30-32,36,47-48H,4-10,15-23H2,1-3H3,(H,39,45)(H,40,49)(H,53,54)(H,55,56)(H2,38,41,42)(H2,50,51,52);/q;+1/p-1/t26-,30-,31-,32+,36-;/m1./s1. The number of unbranched alkanes of at least 4 members (excludes halogenated alkanes) is 7. The topological polar surface area (TPSA) is 366 Å². The van der Waals surface area contributed by atoms with Gasteiger partial charge in [0.2, 0.25) is 11.8 Å². The third kappa shape index (κ3) is 21.5. The quantitative estimate of drug-likeness (QED) is 0.0218. The van der Waals surface area contributed by atoms with Gasteiger partial charge in [-0.2, -0.15) is 4.31 Å². The molecule has 3 rings (SSSR count). The third-order valence-electron chi connectivity index (χ3n) is 9.34. The number of phosphoric ester groups is 3. The number of imidazole rings is 1. The van der Waals surface area contributed by atoms with Gasteiger partial charge >= 0.3 is 45.2 Å². The molecular formula is C37H57N7NaO17P3S. The number of thioether (sulfide) groups is 1. The second kappa shape index (κ2) is 29.0. The number of aliphatic hydroxyl groups excluding tert-OH is 2. The molecule has 3 heterocycles. The first-order valence-electron chi connectivity index (χ1n) is 20.5. The van der Waals surface area contributed by atoms with Gasteiger partial charge in [0, 0.05) is 49.9 Å². The normalized spacial score (nSPS) is 20.3. The molecule has 29 heteroatoms. The van der Waals surface area contributed by atoms with E-state index in [1.807, 2.05) is 0 Å². The summed E-state index contributed by atoms with van der Waals surface area (Å²) in [5, 5.41) is 26.4. The van der Waals surface area contributed by atoms with E-state index >= 15 is 0 Å². The number of nitrogen functional groups attached to an aromatic ring is 1. The van der Waals surface area contributed by atoms with Crippen molar-refractivity contribution in [1.82, 2.24) is 30.2 Å². The molecule has 364 valence electrons. The smallest absolute Gasteiger partial charge is 0.756 e. The fourth-order valence-electron chi connectivity index (χ4n) is 5.89. The number of carbonyl (C=O) groups is 3. The van der Waals surface area contributed by atoms with Gasteiger partial charge in [-0.15, -0.1) is 0 Å². The Morgan fingerprint density at radius 1 is 0.970 bits per heavy atom. The van der Waals surface area contributed by atoms with Gasteiger partial charge in [-0.3, -0.25) is 32.6 Å². The van der Waals surface area contributed by atoms with Gasteiger partial charge in [-0.25, -0.2) is 24.1 Å². The molecule has 2 aromatic rings. The van der Waals surface area contributed by atoms with E-state index < -0.39 is 84.6 Å². The Kier molecular flexibility index (Phi) is 26.3. The van der Waals surface area contributed by atoms with Gasteiger partial charge < -0.3 is 55.4 Å². The fourth-order valence-corrected chi connectivity index (χ4v) is 9.43. The van der Waals surface area contributed by atoms with E-state index in [1.54, 1.807) is 0 Å². The van der Waals surface area contributed by atoms with Gasteiger partial charge in [0.15, 0.2) is 22.8 Å². The third-order valence-corrected chi connectivity index (χ3v) is 13.4. The van der Waals surface area contributed by atoms with Crippen LogP contribution in [0.25, 0.3) is 11.2 Å². The number of phosphoric acid groups is 3. The van der Waals surface area contributed by atoms with Crippen LogP contribution in [0.3, 0.4) is 0 Å². The van der Waals surface area contributed by atoms with Gasteiger partial charge in [0.05, 0.1) is 19.5 Å². The maximum Gasteiger partial charge on any atom is 1.00 e. The average Bonchev–Trinajstić information content (AvgIpc) is 3.79. The number of hydrogen-bond acceptors (Lipinski definition) is 19. The molecule has 0 saturated carbocycles. The number of carbonyl (C=O) groups excluding carboxylic acids is 3. The van der Waals surface area contributed by atoms with Crippen molar-refractivity contribution in [3.63, 3.8) is 0 Å². The van der Waals surface area contributed by atoms with Crippen molar-refractivity contribution in [2.45, 2.75) is 122 Å². The number of rotatable bonds is 28. The predicted octanol–water partition coefficient (Wildman–Crippen LogP) is -1.04. The van der Waals surface area contributed by atoms with Crippen molar-refractivity contribution in [2.75, 3.05) is 37.8 Å². The van der Waals surface area contributed by atoms with Gasteiger partial charge in [-0.1, -0.05) is 76.5 Å². The first-order valence-corrected chi connectivity index (χ1v) is 26.0. The molecule has 3 unspecified atom stereocenters. The summed E-state index contributed by atoms with van der Waals surface area (Å²) < 4.78 is 62.0. The maximum atomic E-state index is 12.7. The second-order valence-corrected chi connectivity index (χ2v) is 20.6. The zero-order valence-corrected chi connectivity index (χ0v) is 42.6. The van der Waals surface area contributed by atoms with Crippen molar-refractivity contribution < 1.29 is 110 Å². The Morgan fingerprint density at radius 3 is 2.30 bits per heavy atom. The van der Waals surface area contributed by atoms with Crippen LogP contribution in [0.15, 0.2) is 12.7 Å². The minimum absolute atomic E-state index is 0. The summed E-state index contributed by atoms with van der Waals surface area (Å²) in [5.74, 6) is 10.5. The predicted molar refractivity (Wildman–Crippen MR) is 232 cm³/mol. The van der Waals surface area contributed by atoms with E-state index in [1.165, 1.54) is 46.0 Å². The number of nitrogens with one attached hydrogen (secondary N) is 2. The van der Waals surface area contributed by atoms with E-state index in [0.29, 0.717) is 25.0 Å². The molecule has 0 spiro atoms. The number of ether oxygens (including phenoxy) is 1. The molecule has 8 atom stereocenters. The van der Waals surface area contributed by atoms with Crippen molar-refractivity contribution in [3.8, 4) is 23.7 Å². The zero-order valence-electron chi connectivity index (χ0n) is 37.1. The monoisotopic (exact) mass is 1020 g/mol. The van der Waals surface area contributed by atoms with Crippen LogP contribution in [-0.2, 0) is 50.7 Å². The van der Waals surface area contributed by atoms with Crippen molar-refractivity contribution in [2.24, 2.45) is 5.41 Å². The Labute approximate surface area is 408 Å². The van der Waals surface area contributed by atoms with E-state index in [-0.39, 0.29) is 71.2 Å². The van der Waals surface area contributed by atoms with Crippen LogP contribution >= 0.6 is 35.2 Å². The number of nitrogens with zero attached hydrogens (tertiary/aromatic N) is 4. The molecule has 0 bridgehead atoms. The molecule has 9 N–H and O–H groups in total. The molecular weight excluding hydrogens is 962 g/mol. The van der Waals surface area contributed by atoms with E-state index in [4.69, 9.17) is 19.5 Å². The average molecular weight is 1020 g/mol. The fraction of sp³-hybridized carbons (Fsp3) is 0.676. The zero-order chi connectivity index (χ0) is 48.3. The largest absolute Gasteiger partial charge is 1.00 e. The SMILES string of the molecule is CCCCCCCCC#CC#CCCCC(=O)SCCNC(=O)CCNC(=O)[C@H](O)C(C)(C)COP(=O)(O)OP(=O)(O)OC[C@H]1O[C@@H](n2cnc3c(N)ncnc32)[C@H](O)[C@@H]1OP(=O)([O-])O.[Na+]. The van der Waals surface area contributed by atoms with Gasteiger partial charge in [-0.05, 0) is 24.7 Å². The van der Waals surface area contributed by atoms with Crippen LogP contribution in [0.1, 0.15) is 97.6 Å². The molecule has 24 nitrogen and oxygen atoms in total. The summed E-state index contributed by atoms with van der Waals surface area (Å²) >= 11 is 1.08. The Balaban J connectivity index is 0.0000150. The van der Waals surface area contributed by atoms with Crippen LogP contribution in [0.4, 0.5) is 5.82 Å². The Hall–Kier alpha value is -2.32. The number of nitrogens with two attached hydrogens (primary N) is 1. The molecule has 0 aromatic carbocycles. The molecule has 66 heavy (non-hydrogen) atoms. The summed E-state index contributed by atoms with van der Waals surface area (Å²) in [4.78, 5) is 90.1. The maximum absolute atomic E-state index is 12.7. The van der Waals surface area contributed by atoms with Gasteiger partial charge in [0.1, 0.15) is 36.3 Å². The number of amides is 2. The summed E-state index contributed by atoms with van der Waals surface area (Å²) in [6.07, 6.45) is 2.42. The summed E-state index contributed by atoms with van der Waals surface area (Å²) in [7, 11) is -16.7. The van der Waals surface area contributed by atoms with E-state index in [2.05, 4.69) is 65.0 Å². The molecule has 2 amide bonds. The molecule has 0 aliphatic carbocycles. The van der Waals surface area contributed by atoms with Crippen molar-refractivity contribution >= 4 is 69.1 Å².